The molecular formula is C12H16O4. The minimum Gasteiger partial charge on any atom is -0.494 e. The third-order valence-corrected chi connectivity index (χ3v) is 2.10. The molecule has 0 aromatic heterocycles. The first-order valence-electron chi connectivity index (χ1n) is 5.26. The molecule has 1 aromatic carbocycles. The number of aliphatic hydroxyl groups is 1. The molecule has 0 amide bonds. The first-order valence-corrected chi connectivity index (χ1v) is 5.26. The van der Waals surface area contributed by atoms with Gasteiger partial charge < -0.3 is 14.9 Å². The number of carboxylic acids is 1. The molecule has 2 N–H and O–H groups in total. The van der Waals surface area contributed by atoms with Crippen LogP contribution in [0.5, 0.6) is 5.75 Å². The second-order valence-electron chi connectivity index (χ2n) is 3.56. The van der Waals surface area contributed by atoms with E-state index in [0.717, 1.165) is 5.75 Å². The Labute approximate surface area is 94.5 Å². The number of hydrogen-bond acceptors (Lipinski definition) is 3. The molecule has 0 saturated heterocycles. The number of aliphatic hydroxyl groups excluding tert-OH is 1. The smallest absolute Gasteiger partial charge is 0.305 e. The molecule has 0 bridgehead atoms. The maximum Gasteiger partial charge on any atom is 0.305 e. The van der Waals surface area contributed by atoms with E-state index in [-0.39, 0.29) is 6.42 Å². The van der Waals surface area contributed by atoms with E-state index in [9.17, 15) is 9.90 Å². The fourth-order valence-corrected chi connectivity index (χ4v) is 1.33. The number of hydrogen-bond donors (Lipinski definition) is 2. The van der Waals surface area contributed by atoms with Gasteiger partial charge in [-0.1, -0.05) is 18.2 Å². The van der Waals surface area contributed by atoms with Crippen LogP contribution in [0.25, 0.3) is 0 Å². The van der Waals surface area contributed by atoms with Crippen molar-refractivity contribution >= 4 is 5.97 Å². The average Bonchev–Trinajstić information content (AvgIpc) is 2.25. The van der Waals surface area contributed by atoms with E-state index >= 15 is 0 Å². The van der Waals surface area contributed by atoms with Crippen LogP contribution in [-0.4, -0.2) is 28.9 Å². The van der Waals surface area contributed by atoms with Crippen molar-refractivity contribution in [2.75, 3.05) is 6.61 Å². The molecule has 1 rings (SSSR count). The zero-order valence-corrected chi connectivity index (χ0v) is 9.00. The Morgan fingerprint density at radius 1 is 1.31 bits per heavy atom. The summed E-state index contributed by atoms with van der Waals surface area (Å²) in [6, 6.07) is 9.38. The third-order valence-electron chi connectivity index (χ3n) is 2.10. The SMILES string of the molecule is O=C(O)CC(O)CCCOc1ccccc1. The molecule has 0 fully saturated rings. The molecule has 88 valence electrons. The van der Waals surface area contributed by atoms with Gasteiger partial charge in [0.05, 0.1) is 19.1 Å². The number of benzene rings is 1. The number of carboxylic acid groups (broad SMARTS) is 1. The van der Waals surface area contributed by atoms with Gasteiger partial charge in [-0.2, -0.15) is 0 Å². The van der Waals surface area contributed by atoms with E-state index < -0.39 is 12.1 Å². The number of carbonyl (C=O) groups is 1. The lowest BCUT2D eigenvalue weighted by Crippen LogP contribution is -2.13. The van der Waals surface area contributed by atoms with Gasteiger partial charge in [0, 0.05) is 0 Å². The van der Waals surface area contributed by atoms with Crippen molar-refractivity contribution in [2.24, 2.45) is 0 Å². The van der Waals surface area contributed by atoms with E-state index in [2.05, 4.69) is 0 Å². The summed E-state index contributed by atoms with van der Waals surface area (Å²) in [4.78, 5) is 10.3. The van der Waals surface area contributed by atoms with Crippen molar-refractivity contribution in [1.29, 1.82) is 0 Å². The van der Waals surface area contributed by atoms with Gasteiger partial charge in [0.2, 0.25) is 0 Å². The normalized spacial score (nSPS) is 12.1. The Morgan fingerprint density at radius 2 is 2.00 bits per heavy atom. The van der Waals surface area contributed by atoms with Gasteiger partial charge in [0.1, 0.15) is 5.75 Å². The minimum atomic E-state index is -0.975. The highest BCUT2D eigenvalue weighted by Gasteiger charge is 2.08. The van der Waals surface area contributed by atoms with Crippen LogP contribution in [0.15, 0.2) is 30.3 Å². The van der Waals surface area contributed by atoms with Gasteiger partial charge >= 0.3 is 5.97 Å². The van der Waals surface area contributed by atoms with Crippen molar-refractivity contribution in [3.05, 3.63) is 30.3 Å². The summed E-state index contributed by atoms with van der Waals surface area (Å²) < 4.78 is 5.40. The van der Waals surface area contributed by atoms with Crippen LogP contribution in [0.1, 0.15) is 19.3 Å². The van der Waals surface area contributed by atoms with Gasteiger partial charge in [0.15, 0.2) is 0 Å². The fourth-order valence-electron chi connectivity index (χ4n) is 1.33. The Bertz CT molecular complexity index is 310. The standard InChI is InChI=1S/C12H16O4/c13-10(9-12(14)15)5-4-8-16-11-6-2-1-3-7-11/h1-3,6-7,10,13H,4-5,8-9H2,(H,14,15). The Morgan fingerprint density at radius 3 is 2.62 bits per heavy atom. The molecular weight excluding hydrogens is 208 g/mol. The zero-order valence-electron chi connectivity index (χ0n) is 9.00. The molecule has 0 aliphatic heterocycles. The highest BCUT2D eigenvalue weighted by atomic mass is 16.5. The van der Waals surface area contributed by atoms with Gasteiger partial charge in [-0.15, -0.1) is 0 Å². The van der Waals surface area contributed by atoms with Crippen LogP contribution in [0, 0.1) is 0 Å². The predicted molar refractivity (Wildman–Crippen MR) is 59.4 cm³/mol. The summed E-state index contributed by atoms with van der Waals surface area (Å²) in [6.07, 6.45) is 0.102. The van der Waals surface area contributed by atoms with Gasteiger partial charge in [-0.05, 0) is 25.0 Å². The molecule has 1 atom stereocenters. The quantitative estimate of drug-likeness (QED) is 0.691. The zero-order chi connectivity index (χ0) is 11.8. The fraction of sp³-hybridized carbons (Fsp3) is 0.417. The Kier molecular flexibility index (Phi) is 5.36. The summed E-state index contributed by atoms with van der Waals surface area (Å²) in [5.41, 5.74) is 0. The third kappa shape index (κ3) is 5.36. The lowest BCUT2D eigenvalue weighted by atomic mass is 10.1. The molecule has 1 aromatic rings. The molecule has 0 aliphatic carbocycles. The van der Waals surface area contributed by atoms with E-state index in [4.69, 9.17) is 9.84 Å². The van der Waals surface area contributed by atoms with Crippen LogP contribution in [-0.2, 0) is 4.79 Å². The number of ether oxygens (including phenoxy) is 1. The number of para-hydroxylation sites is 1. The lowest BCUT2D eigenvalue weighted by molar-refractivity contribution is -0.139. The molecule has 0 aliphatic rings. The van der Waals surface area contributed by atoms with Crippen LogP contribution in [0.3, 0.4) is 0 Å². The first-order chi connectivity index (χ1) is 7.68. The largest absolute Gasteiger partial charge is 0.494 e. The van der Waals surface area contributed by atoms with Gasteiger partial charge in [-0.25, -0.2) is 0 Å². The van der Waals surface area contributed by atoms with Crippen molar-refractivity contribution in [1.82, 2.24) is 0 Å². The first kappa shape index (κ1) is 12.5. The molecule has 0 radical (unpaired) electrons. The van der Waals surface area contributed by atoms with Crippen molar-refractivity contribution < 1.29 is 19.7 Å². The monoisotopic (exact) mass is 224 g/mol. The topological polar surface area (TPSA) is 66.8 Å². The summed E-state index contributed by atoms with van der Waals surface area (Å²) in [6.45, 7) is 0.487. The van der Waals surface area contributed by atoms with Crippen LogP contribution in [0.4, 0.5) is 0 Å². The number of rotatable bonds is 7. The lowest BCUT2D eigenvalue weighted by Gasteiger charge is -2.08. The molecule has 16 heavy (non-hydrogen) atoms. The van der Waals surface area contributed by atoms with E-state index in [0.29, 0.717) is 19.4 Å². The molecule has 0 spiro atoms. The molecule has 4 heteroatoms. The van der Waals surface area contributed by atoms with E-state index in [1.165, 1.54) is 0 Å². The van der Waals surface area contributed by atoms with Crippen LogP contribution >= 0.6 is 0 Å². The molecule has 1 unspecified atom stereocenters. The summed E-state index contributed by atoms with van der Waals surface area (Å²) in [5, 5.41) is 17.7. The Hall–Kier alpha value is -1.55. The number of aliphatic carboxylic acids is 1. The molecule has 4 nitrogen and oxygen atoms in total. The van der Waals surface area contributed by atoms with Crippen LogP contribution in [0.2, 0.25) is 0 Å². The van der Waals surface area contributed by atoms with Crippen molar-refractivity contribution in [3.63, 3.8) is 0 Å². The summed E-state index contributed by atoms with van der Waals surface area (Å²) in [5.74, 6) is -0.188. The predicted octanol–water partition coefficient (Wildman–Crippen LogP) is 1.68. The second-order valence-corrected chi connectivity index (χ2v) is 3.56. The van der Waals surface area contributed by atoms with Crippen LogP contribution < -0.4 is 4.74 Å². The van der Waals surface area contributed by atoms with Crippen molar-refractivity contribution in [3.8, 4) is 5.75 Å². The highest BCUT2D eigenvalue weighted by molar-refractivity contribution is 5.67. The molecule has 0 saturated carbocycles. The Balaban J connectivity index is 2.10. The molecule has 0 heterocycles. The summed E-state index contributed by atoms with van der Waals surface area (Å²) >= 11 is 0. The minimum absolute atomic E-state index is 0.203. The van der Waals surface area contributed by atoms with E-state index in [1.807, 2.05) is 30.3 Å². The summed E-state index contributed by atoms with van der Waals surface area (Å²) in [7, 11) is 0. The highest BCUT2D eigenvalue weighted by Crippen LogP contribution is 2.09. The second kappa shape index (κ2) is 6.85. The van der Waals surface area contributed by atoms with Gasteiger partial charge in [0.25, 0.3) is 0 Å². The van der Waals surface area contributed by atoms with Crippen molar-refractivity contribution in [2.45, 2.75) is 25.4 Å². The van der Waals surface area contributed by atoms with E-state index in [1.54, 1.807) is 0 Å². The van der Waals surface area contributed by atoms with Gasteiger partial charge in [-0.3, -0.25) is 4.79 Å². The average molecular weight is 224 g/mol. The maximum absolute atomic E-state index is 10.3. The maximum atomic E-state index is 10.3.